The Morgan fingerprint density at radius 1 is 0.387 bits per heavy atom. The molecule has 2 aromatic heterocycles. The highest BCUT2D eigenvalue weighted by Crippen LogP contribution is 2.48. The molecule has 4 rings (SSSR count). The minimum atomic E-state index is -0.0663. The molecule has 0 saturated heterocycles. The summed E-state index contributed by atoms with van der Waals surface area (Å²) in [6.07, 6.45) is 40.3. The molecule has 0 aliphatic carbocycles. The van der Waals surface area contributed by atoms with Crippen LogP contribution in [0.15, 0.2) is 44.2 Å². The van der Waals surface area contributed by atoms with Gasteiger partial charge in [-0.05, 0) is 75.6 Å². The van der Waals surface area contributed by atoms with Crippen molar-refractivity contribution in [2.24, 2.45) is 11.8 Å². The fourth-order valence-corrected chi connectivity index (χ4v) is 10.1. The Balaban J connectivity index is 1.62. The molecular formula is C56H92N2O4. The summed E-state index contributed by atoms with van der Waals surface area (Å²) >= 11 is 0. The number of nitrogens with zero attached hydrogens (tertiary/aromatic N) is 2. The van der Waals surface area contributed by atoms with Crippen LogP contribution in [0.4, 0.5) is 0 Å². The zero-order chi connectivity index (χ0) is 44.4. The van der Waals surface area contributed by atoms with Crippen LogP contribution >= 0.6 is 0 Å². The van der Waals surface area contributed by atoms with Crippen molar-refractivity contribution in [3.05, 3.63) is 58.5 Å². The van der Waals surface area contributed by atoms with Crippen LogP contribution in [0.2, 0.25) is 0 Å². The van der Waals surface area contributed by atoms with E-state index in [4.69, 9.17) is 8.83 Å². The average molecular weight is 857 g/mol. The molecule has 350 valence electrons. The third-order valence-corrected chi connectivity index (χ3v) is 13.9. The maximum atomic E-state index is 15.2. The van der Waals surface area contributed by atoms with E-state index in [0.717, 1.165) is 37.2 Å². The summed E-state index contributed by atoms with van der Waals surface area (Å²) in [5, 5.41) is 0. The molecule has 2 aliphatic heterocycles. The molecule has 0 bridgehead atoms. The lowest BCUT2D eigenvalue weighted by Gasteiger charge is -2.29. The van der Waals surface area contributed by atoms with Crippen molar-refractivity contribution in [2.75, 3.05) is 13.1 Å². The molecule has 0 radical (unpaired) electrons. The fraction of sp³-hybridized carbons (Fsp3) is 0.750. The number of unbranched alkanes of at least 4 members (excludes halogenated alkanes) is 24. The van der Waals surface area contributed by atoms with Gasteiger partial charge in [0.1, 0.15) is 22.9 Å². The topological polar surface area (TPSA) is 66.9 Å². The van der Waals surface area contributed by atoms with Crippen LogP contribution in [0.5, 0.6) is 0 Å². The van der Waals surface area contributed by atoms with Crippen molar-refractivity contribution in [1.82, 2.24) is 9.80 Å². The molecule has 4 heterocycles. The molecule has 2 amide bonds. The maximum absolute atomic E-state index is 15.2. The smallest absolute Gasteiger partial charge is 0.261 e. The normalized spacial score (nSPS) is 15.3. The van der Waals surface area contributed by atoms with Crippen LogP contribution in [0, 0.1) is 25.7 Å². The summed E-state index contributed by atoms with van der Waals surface area (Å²) in [5.41, 5.74) is 2.38. The van der Waals surface area contributed by atoms with Gasteiger partial charge in [-0.3, -0.25) is 9.59 Å². The highest BCUT2D eigenvalue weighted by Gasteiger charge is 2.51. The van der Waals surface area contributed by atoms with Crippen molar-refractivity contribution >= 4 is 23.2 Å². The van der Waals surface area contributed by atoms with Gasteiger partial charge >= 0.3 is 0 Å². The molecule has 0 saturated carbocycles. The molecule has 0 aromatic carbocycles. The SMILES string of the molecule is CCCCCCCCCCC(CCCCCCCC)CN1C(=O)C2=C(c3ccc(C)o3)N(CC(CCCCCCCC)CCCCCCCCCC)C(=O)C2=C1c1ccc(C)o1. The summed E-state index contributed by atoms with van der Waals surface area (Å²) < 4.78 is 12.7. The first-order valence-corrected chi connectivity index (χ1v) is 26.6. The Bertz CT molecular complexity index is 1490. The number of fused-ring (bicyclic) bond motifs is 1. The summed E-state index contributed by atoms with van der Waals surface area (Å²) in [7, 11) is 0. The Hall–Kier alpha value is -3.02. The molecule has 6 nitrogen and oxygen atoms in total. The lowest BCUT2D eigenvalue weighted by Crippen LogP contribution is -2.34. The highest BCUT2D eigenvalue weighted by molar-refractivity contribution is 6.29. The number of hydrogen-bond acceptors (Lipinski definition) is 4. The first-order valence-electron chi connectivity index (χ1n) is 26.6. The van der Waals surface area contributed by atoms with Crippen LogP contribution in [0.3, 0.4) is 0 Å². The quantitative estimate of drug-likeness (QED) is 0.0631. The minimum Gasteiger partial charge on any atom is -0.460 e. The standard InChI is InChI=1S/C56H92N2O4/c1-7-11-15-19-23-25-29-33-37-47(35-31-27-21-17-13-9-3)43-57-53(49-41-39-45(5)61-49)51-52(55(57)59)54(50-42-40-46(6)62-50)58(56(51)60)44-48(36-32-28-22-18-14-10-4)38-34-30-26-24-20-16-12-8-2/h39-42,47-48H,7-38,43-44H2,1-6H3. The van der Waals surface area contributed by atoms with Crippen molar-refractivity contribution in [3.63, 3.8) is 0 Å². The van der Waals surface area contributed by atoms with Gasteiger partial charge in [0.05, 0.1) is 11.1 Å². The molecule has 0 N–H and O–H groups in total. The third-order valence-electron chi connectivity index (χ3n) is 13.9. The van der Waals surface area contributed by atoms with Gasteiger partial charge in [0, 0.05) is 13.1 Å². The number of amides is 2. The molecule has 2 aliphatic rings. The van der Waals surface area contributed by atoms with Crippen molar-refractivity contribution in [3.8, 4) is 0 Å². The predicted octanol–water partition coefficient (Wildman–Crippen LogP) is 17.1. The number of rotatable bonds is 38. The Morgan fingerprint density at radius 2 is 0.645 bits per heavy atom. The van der Waals surface area contributed by atoms with E-state index in [2.05, 4.69) is 27.7 Å². The molecule has 6 heteroatoms. The van der Waals surface area contributed by atoms with E-state index in [9.17, 15) is 0 Å². The molecule has 62 heavy (non-hydrogen) atoms. The Morgan fingerprint density at radius 3 is 0.887 bits per heavy atom. The maximum Gasteiger partial charge on any atom is 0.261 e. The van der Waals surface area contributed by atoms with E-state index < -0.39 is 0 Å². The van der Waals surface area contributed by atoms with E-state index in [-0.39, 0.29) is 11.8 Å². The van der Waals surface area contributed by atoms with E-state index in [1.165, 1.54) is 180 Å². The van der Waals surface area contributed by atoms with Crippen LogP contribution in [0.1, 0.15) is 256 Å². The second kappa shape index (κ2) is 30.2. The van der Waals surface area contributed by atoms with E-state index in [0.29, 0.717) is 59.0 Å². The number of furan rings is 2. The summed E-state index contributed by atoms with van der Waals surface area (Å²) in [6.45, 7) is 14.3. The lowest BCUT2D eigenvalue weighted by atomic mass is 9.93. The van der Waals surface area contributed by atoms with Crippen molar-refractivity contribution < 1.29 is 18.4 Å². The molecule has 2 atom stereocenters. The van der Waals surface area contributed by atoms with Crippen LogP contribution in [0.25, 0.3) is 11.4 Å². The molecule has 2 aromatic rings. The molecule has 0 spiro atoms. The molecular weight excluding hydrogens is 765 g/mol. The first kappa shape index (κ1) is 51.6. The van der Waals surface area contributed by atoms with Crippen LogP contribution in [-0.4, -0.2) is 34.7 Å². The fourth-order valence-electron chi connectivity index (χ4n) is 10.1. The first-order chi connectivity index (χ1) is 30.3. The summed E-state index contributed by atoms with van der Waals surface area (Å²) in [4.78, 5) is 34.4. The van der Waals surface area contributed by atoms with Crippen molar-refractivity contribution in [1.29, 1.82) is 0 Å². The summed E-state index contributed by atoms with van der Waals surface area (Å²) in [5.74, 6) is 3.42. The van der Waals surface area contributed by atoms with Gasteiger partial charge < -0.3 is 18.6 Å². The second-order valence-electron chi connectivity index (χ2n) is 19.5. The monoisotopic (exact) mass is 857 g/mol. The van der Waals surface area contributed by atoms with Gasteiger partial charge in [0.15, 0.2) is 11.5 Å². The third kappa shape index (κ3) is 16.8. The minimum absolute atomic E-state index is 0.0663. The van der Waals surface area contributed by atoms with Gasteiger partial charge in [0.25, 0.3) is 11.8 Å². The Kier molecular flexibility index (Phi) is 25.1. The van der Waals surface area contributed by atoms with E-state index in [1.54, 1.807) is 0 Å². The van der Waals surface area contributed by atoms with Crippen LogP contribution < -0.4 is 0 Å². The summed E-state index contributed by atoms with van der Waals surface area (Å²) in [6, 6.07) is 7.88. The number of carbonyl (C=O) groups is 2. The van der Waals surface area contributed by atoms with Crippen LogP contribution in [-0.2, 0) is 9.59 Å². The van der Waals surface area contributed by atoms with Gasteiger partial charge in [-0.15, -0.1) is 0 Å². The Labute approximate surface area is 380 Å². The zero-order valence-electron chi connectivity index (χ0n) is 41.0. The van der Waals surface area contributed by atoms with E-state index in [1.807, 2.05) is 47.9 Å². The highest BCUT2D eigenvalue weighted by atomic mass is 16.3. The zero-order valence-corrected chi connectivity index (χ0v) is 41.0. The molecule has 0 fully saturated rings. The number of aryl methyl sites for hydroxylation is 2. The predicted molar refractivity (Wildman–Crippen MR) is 262 cm³/mol. The van der Waals surface area contributed by atoms with E-state index >= 15 is 9.59 Å². The largest absolute Gasteiger partial charge is 0.460 e. The molecule has 2 unspecified atom stereocenters. The number of carbonyl (C=O) groups excluding carboxylic acids is 2. The van der Waals surface area contributed by atoms with Gasteiger partial charge in [-0.25, -0.2) is 0 Å². The number of hydrogen-bond donors (Lipinski definition) is 0. The van der Waals surface area contributed by atoms with Gasteiger partial charge in [-0.2, -0.15) is 0 Å². The van der Waals surface area contributed by atoms with Gasteiger partial charge in [0.2, 0.25) is 0 Å². The second-order valence-corrected chi connectivity index (χ2v) is 19.5. The lowest BCUT2D eigenvalue weighted by molar-refractivity contribution is -0.124. The average Bonchev–Trinajstić information content (AvgIpc) is 4.03. The van der Waals surface area contributed by atoms with Crippen molar-refractivity contribution in [2.45, 2.75) is 247 Å². The van der Waals surface area contributed by atoms with Gasteiger partial charge in [-0.1, -0.05) is 207 Å².